The molecule has 0 radical (unpaired) electrons. The third-order valence-electron chi connectivity index (χ3n) is 4.47. The lowest BCUT2D eigenvalue weighted by molar-refractivity contribution is 0.631. The SMILES string of the molecule is C[C@@H](Nc1nc(N)nc(N)c1Cl)c1nc2c(F)ccc(Cl)c2c(=O)n1-c1cnc(N)cn1. The van der Waals surface area contributed by atoms with Crippen LogP contribution in [0.3, 0.4) is 0 Å². The number of rotatable bonds is 4. The monoisotopic (exact) mass is 476 g/mol. The van der Waals surface area contributed by atoms with E-state index in [1.807, 2.05) is 0 Å². The van der Waals surface area contributed by atoms with Crippen LogP contribution in [0.15, 0.2) is 29.3 Å². The van der Waals surface area contributed by atoms with Crippen molar-refractivity contribution in [3.8, 4) is 5.82 Å². The van der Waals surface area contributed by atoms with Gasteiger partial charge in [0.05, 0.1) is 28.8 Å². The molecule has 0 aliphatic carbocycles. The van der Waals surface area contributed by atoms with Crippen molar-refractivity contribution in [2.24, 2.45) is 0 Å². The van der Waals surface area contributed by atoms with E-state index in [1.165, 1.54) is 18.5 Å². The largest absolute Gasteiger partial charge is 0.382 e. The molecule has 0 spiro atoms. The van der Waals surface area contributed by atoms with Crippen LogP contribution < -0.4 is 28.1 Å². The molecule has 0 bridgehead atoms. The van der Waals surface area contributed by atoms with Gasteiger partial charge in [-0.1, -0.05) is 23.2 Å². The zero-order valence-corrected chi connectivity index (χ0v) is 17.9. The number of benzene rings is 1. The lowest BCUT2D eigenvalue weighted by atomic mass is 10.2. The van der Waals surface area contributed by atoms with Crippen LogP contribution in [0.4, 0.5) is 27.8 Å². The van der Waals surface area contributed by atoms with Gasteiger partial charge < -0.3 is 22.5 Å². The highest BCUT2D eigenvalue weighted by Crippen LogP contribution is 2.30. The molecule has 0 unspecified atom stereocenters. The predicted octanol–water partition coefficient (Wildman–Crippen LogP) is 2.33. The van der Waals surface area contributed by atoms with Crippen molar-refractivity contribution in [2.45, 2.75) is 13.0 Å². The zero-order valence-electron chi connectivity index (χ0n) is 16.3. The first kappa shape index (κ1) is 21.5. The van der Waals surface area contributed by atoms with E-state index in [0.29, 0.717) is 0 Å². The molecule has 1 aromatic carbocycles. The number of nitrogen functional groups attached to an aromatic ring is 3. The number of halogens is 3. The molecule has 3 heterocycles. The number of anilines is 4. The Morgan fingerprint density at radius 2 is 1.84 bits per heavy atom. The third-order valence-corrected chi connectivity index (χ3v) is 5.16. The first-order valence-electron chi connectivity index (χ1n) is 9.01. The minimum atomic E-state index is -0.768. The molecule has 0 amide bonds. The lowest BCUT2D eigenvalue weighted by Crippen LogP contribution is -2.29. The number of aromatic nitrogens is 6. The Hall–Kier alpha value is -3.77. The summed E-state index contributed by atoms with van der Waals surface area (Å²) in [5, 5.41) is 2.89. The van der Waals surface area contributed by atoms with Gasteiger partial charge in [0.15, 0.2) is 11.6 Å². The average molecular weight is 477 g/mol. The molecule has 0 saturated heterocycles. The number of fused-ring (bicyclic) bond motifs is 1. The molecule has 0 fully saturated rings. The Morgan fingerprint density at radius 3 is 2.53 bits per heavy atom. The van der Waals surface area contributed by atoms with E-state index >= 15 is 0 Å². The normalized spacial score (nSPS) is 12.1. The van der Waals surface area contributed by atoms with Crippen molar-refractivity contribution < 1.29 is 4.39 Å². The molecule has 7 N–H and O–H groups in total. The number of hydrogen-bond acceptors (Lipinski definition) is 10. The molecule has 11 nitrogen and oxygen atoms in total. The van der Waals surface area contributed by atoms with E-state index < -0.39 is 17.4 Å². The lowest BCUT2D eigenvalue weighted by Gasteiger charge is -2.20. The van der Waals surface area contributed by atoms with Crippen LogP contribution in [0, 0.1) is 5.82 Å². The van der Waals surface area contributed by atoms with E-state index in [2.05, 4.69) is 30.2 Å². The molecule has 0 aliphatic rings. The van der Waals surface area contributed by atoms with Crippen LogP contribution >= 0.6 is 23.2 Å². The fraction of sp³-hybridized carbons (Fsp3) is 0.111. The molecule has 14 heteroatoms. The molecule has 164 valence electrons. The average Bonchev–Trinajstić information content (AvgIpc) is 2.74. The molecule has 4 rings (SSSR count). The number of nitrogens with one attached hydrogen (secondary N) is 1. The van der Waals surface area contributed by atoms with Crippen molar-refractivity contribution >= 4 is 57.5 Å². The Balaban J connectivity index is 1.97. The maximum Gasteiger partial charge on any atom is 0.268 e. The molecule has 32 heavy (non-hydrogen) atoms. The molecule has 0 saturated carbocycles. The van der Waals surface area contributed by atoms with Crippen LogP contribution in [0.5, 0.6) is 0 Å². The van der Waals surface area contributed by atoms with Gasteiger partial charge in [0.2, 0.25) is 5.95 Å². The Bertz CT molecular complexity index is 1410. The summed E-state index contributed by atoms with van der Waals surface area (Å²) in [5.74, 6) is -0.484. The summed E-state index contributed by atoms with van der Waals surface area (Å²) in [6.45, 7) is 1.64. The molecular formula is C18H15Cl2FN10O. The van der Waals surface area contributed by atoms with Gasteiger partial charge in [-0.05, 0) is 19.1 Å². The van der Waals surface area contributed by atoms with Gasteiger partial charge in [0.1, 0.15) is 33.8 Å². The van der Waals surface area contributed by atoms with Gasteiger partial charge in [0.25, 0.3) is 5.56 Å². The maximum atomic E-state index is 14.6. The van der Waals surface area contributed by atoms with Gasteiger partial charge in [0, 0.05) is 0 Å². The van der Waals surface area contributed by atoms with Crippen molar-refractivity contribution in [1.29, 1.82) is 0 Å². The summed E-state index contributed by atoms with van der Waals surface area (Å²) in [5.41, 5.74) is 16.1. The topological polar surface area (TPSA) is 177 Å². The fourth-order valence-corrected chi connectivity index (χ4v) is 3.41. The van der Waals surface area contributed by atoms with E-state index in [1.54, 1.807) is 6.92 Å². The third kappa shape index (κ3) is 3.69. The Morgan fingerprint density at radius 1 is 1.09 bits per heavy atom. The summed E-state index contributed by atoms with van der Waals surface area (Å²) in [6.07, 6.45) is 2.55. The quantitative estimate of drug-likeness (QED) is 0.341. The first-order valence-corrected chi connectivity index (χ1v) is 9.76. The summed E-state index contributed by atoms with van der Waals surface area (Å²) < 4.78 is 15.7. The number of hydrogen-bond donors (Lipinski definition) is 4. The standard InChI is InChI=1S/C18H15Cl2FN10O/c1-6(27-15-12(20)14(23)29-18(24)30-15)16-28-13-8(21)3-2-7(19)11(13)17(32)31(16)10-5-25-9(22)4-26-10/h2-6H,1H3,(H2,22,25)(H5,23,24,27,29,30)/t6-/m1/s1. The summed E-state index contributed by atoms with van der Waals surface area (Å²) in [4.78, 5) is 33.6. The second kappa shape index (κ2) is 8.05. The summed E-state index contributed by atoms with van der Waals surface area (Å²) in [6, 6.07) is 1.63. The van der Waals surface area contributed by atoms with Crippen LogP contribution in [0.2, 0.25) is 10.0 Å². The fourth-order valence-electron chi connectivity index (χ4n) is 3.04. The molecule has 4 aromatic rings. The Labute approximate surface area is 189 Å². The van der Waals surface area contributed by atoms with Gasteiger partial charge in [-0.25, -0.2) is 23.9 Å². The van der Waals surface area contributed by atoms with E-state index in [0.717, 1.165) is 10.6 Å². The molecule has 0 aliphatic heterocycles. The van der Waals surface area contributed by atoms with E-state index in [9.17, 15) is 9.18 Å². The number of nitrogens with two attached hydrogens (primary N) is 3. The molecule has 3 aromatic heterocycles. The van der Waals surface area contributed by atoms with Crippen molar-refractivity contribution in [2.75, 3.05) is 22.5 Å². The predicted molar refractivity (Wildman–Crippen MR) is 120 cm³/mol. The maximum absolute atomic E-state index is 14.6. The summed E-state index contributed by atoms with van der Waals surface area (Å²) in [7, 11) is 0. The van der Waals surface area contributed by atoms with E-state index in [-0.39, 0.29) is 56.0 Å². The van der Waals surface area contributed by atoms with Crippen LogP contribution in [0.25, 0.3) is 16.7 Å². The second-order valence-electron chi connectivity index (χ2n) is 6.66. The highest BCUT2D eigenvalue weighted by molar-refractivity contribution is 6.35. The minimum Gasteiger partial charge on any atom is -0.382 e. The van der Waals surface area contributed by atoms with Gasteiger partial charge in [-0.2, -0.15) is 9.97 Å². The van der Waals surface area contributed by atoms with E-state index in [4.69, 9.17) is 40.4 Å². The van der Waals surface area contributed by atoms with Crippen LogP contribution in [-0.4, -0.2) is 29.5 Å². The van der Waals surface area contributed by atoms with Crippen molar-refractivity contribution in [1.82, 2.24) is 29.5 Å². The van der Waals surface area contributed by atoms with Gasteiger partial charge in [-0.15, -0.1) is 0 Å². The minimum absolute atomic E-state index is 0.0160. The molecule has 1 atom stereocenters. The molecular weight excluding hydrogens is 462 g/mol. The van der Waals surface area contributed by atoms with Gasteiger partial charge >= 0.3 is 0 Å². The highest BCUT2D eigenvalue weighted by atomic mass is 35.5. The number of nitrogens with zero attached hydrogens (tertiary/aromatic N) is 6. The zero-order chi connectivity index (χ0) is 23.2. The van der Waals surface area contributed by atoms with Crippen molar-refractivity contribution in [3.63, 3.8) is 0 Å². The van der Waals surface area contributed by atoms with Gasteiger partial charge in [-0.3, -0.25) is 4.79 Å². The van der Waals surface area contributed by atoms with Crippen LogP contribution in [0.1, 0.15) is 18.8 Å². The second-order valence-corrected chi connectivity index (χ2v) is 7.44. The van der Waals surface area contributed by atoms with Crippen LogP contribution in [-0.2, 0) is 0 Å². The van der Waals surface area contributed by atoms with Crippen molar-refractivity contribution in [3.05, 3.63) is 56.6 Å². The highest BCUT2D eigenvalue weighted by Gasteiger charge is 2.23. The smallest absolute Gasteiger partial charge is 0.268 e. The summed E-state index contributed by atoms with van der Waals surface area (Å²) >= 11 is 12.4. The Kier molecular flexibility index (Phi) is 5.40. The first-order chi connectivity index (χ1) is 15.2.